The van der Waals surface area contributed by atoms with E-state index in [0.717, 1.165) is 29.9 Å². The summed E-state index contributed by atoms with van der Waals surface area (Å²) < 4.78 is 10.6. The highest BCUT2D eigenvalue weighted by Gasteiger charge is 2.17. The van der Waals surface area contributed by atoms with Crippen molar-refractivity contribution in [1.82, 2.24) is 0 Å². The van der Waals surface area contributed by atoms with E-state index < -0.39 is 0 Å². The van der Waals surface area contributed by atoms with Crippen LogP contribution in [0.3, 0.4) is 0 Å². The van der Waals surface area contributed by atoms with Gasteiger partial charge in [0.25, 0.3) is 0 Å². The van der Waals surface area contributed by atoms with Crippen LogP contribution in [-0.2, 0) is 0 Å². The van der Waals surface area contributed by atoms with Crippen molar-refractivity contribution < 1.29 is 9.47 Å². The SMILES string of the molecule is CCC(CCSC#N)c1cc(Cl)c(OC)cc1OC. The van der Waals surface area contributed by atoms with Gasteiger partial charge < -0.3 is 9.47 Å². The van der Waals surface area contributed by atoms with E-state index in [9.17, 15) is 0 Å². The second-order valence-electron chi connectivity index (χ2n) is 4.06. The molecule has 0 saturated heterocycles. The molecule has 0 aromatic heterocycles. The Kier molecular flexibility index (Phi) is 6.90. The minimum atomic E-state index is 0.333. The van der Waals surface area contributed by atoms with E-state index in [1.807, 2.05) is 12.1 Å². The smallest absolute Gasteiger partial charge is 0.141 e. The standard InChI is InChI=1S/C14H18ClNO2S/c1-4-10(5-6-19-9-16)11-7-12(15)14(18-3)8-13(11)17-2/h7-8,10H,4-6H2,1-3H3. The summed E-state index contributed by atoms with van der Waals surface area (Å²) in [5.74, 6) is 2.54. The molecule has 0 heterocycles. The number of benzene rings is 1. The fourth-order valence-corrected chi connectivity index (χ4v) is 2.77. The van der Waals surface area contributed by atoms with Gasteiger partial charge in [0, 0.05) is 11.8 Å². The van der Waals surface area contributed by atoms with Crippen molar-refractivity contribution in [2.24, 2.45) is 0 Å². The van der Waals surface area contributed by atoms with E-state index in [-0.39, 0.29) is 0 Å². The first-order chi connectivity index (χ1) is 9.17. The van der Waals surface area contributed by atoms with Crippen LogP contribution in [0.1, 0.15) is 31.2 Å². The quantitative estimate of drug-likeness (QED) is 0.551. The summed E-state index contributed by atoms with van der Waals surface area (Å²) in [4.78, 5) is 0. The van der Waals surface area contributed by atoms with E-state index >= 15 is 0 Å². The Morgan fingerprint density at radius 2 is 2.00 bits per heavy atom. The van der Waals surface area contributed by atoms with Crippen molar-refractivity contribution in [1.29, 1.82) is 5.26 Å². The van der Waals surface area contributed by atoms with Crippen molar-refractivity contribution in [3.8, 4) is 16.9 Å². The van der Waals surface area contributed by atoms with Gasteiger partial charge in [-0.05, 0) is 42.2 Å². The lowest BCUT2D eigenvalue weighted by Gasteiger charge is -2.19. The van der Waals surface area contributed by atoms with Crippen LogP contribution >= 0.6 is 23.4 Å². The molecule has 0 fully saturated rings. The second-order valence-corrected chi connectivity index (χ2v) is 5.35. The third-order valence-electron chi connectivity index (χ3n) is 3.07. The molecule has 1 unspecified atom stereocenters. The summed E-state index contributed by atoms with van der Waals surface area (Å²) in [6.45, 7) is 2.12. The molecule has 1 atom stereocenters. The van der Waals surface area contributed by atoms with Gasteiger partial charge in [-0.3, -0.25) is 0 Å². The maximum atomic E-state index is 8.59. The number of hydrogen-bond acceptors (Lipinski definition) is 4. The van der Waals surface area contributed by atoms with Crippen molar-refractivity contribution >= 4 is 23.4 Å². The summed E-state index contributed by atoms with van der Waals surface area (Å²) in [6, 6.07) is 3.72. The van der Waals surface area contributed by atoms with E-state index in [2.05, 4.69) is 12.3 Å². The molecule has 3 nitrogen and oxygen atoms in total. The zero-order chi connectivity index (χ0) is 14.3. The van der Waals surface area contributed by atoms with Gasteiger partial charge >= 0.3 is 0 Å². The highest BCUT2D eigenvalue weighted by Crippen LogP contribution is 2.39. The molecule has 0 aliphatic carbocycles. The van der Waals surface area contributed by atoms with Gasteiger partial charge in [0.1, 0.15) is 16.9 Å². The molecule has 0 bridgehead atoms. The van der Waals surface area contributed by atoms with E-state index in [1.54, 1.807) is 14.2 Å². The number of hydrogen-bond donors (Lipinski definition) is 0. The van der Waals surface area contributed by atoms with Crippen molar-refractivity contribution in [2.75, 3.05) is 20.0 Å². The molecule has 1 aromatic rings. The van der Waals surface area contributed by atoms with E-state index in [4.69, 9.17) is 26.3 Å². The van der Waals surface area contributed by atoms with Crippen LogP contribution in [0, 0.1) is 10.7 Å². The number of rotatable bonds is 7. The van der Waals surface area contributed by atoms with Crippen LogP contribution in [0.2, 0.25) is 5.02 Å². The van der Waals surface area contributed by atoms with Crippen LogP contribution in [-0.4, -0.2) is 20.0 Å². The number of thiocyanates is 1. The Balaban J connectivity index is 3.02. The average Bonchev–Trinajstić information content (AvgIpc) is 2.43. The predicted octanol–water partition coefficient (Wildman–Crippen LogP) is 4.46. The van der Waals surface area contributed by atoms with Crippen molar-refractivity contribution in [3.05, 3.63) is 22.7 Å². The van der Waals surface area contributed by atoms with Crippen LogP contribution in [0.5, 0.6) is 11.5 Å². The minimum absolute atomic E-state index is 0.333. The Morgan fingerprint density at radius 1 is 1.32 bits per heavy atom. The lowest BCUT2D eigenvalue weighted by molar-refractivity contribution is 0.387. The van der Waals surface area contributed by atoms with Crippen LogP contribution in [0.4, 0.5) is 0 Å². The Morgan fingerprint density at radius 3 is 2.53 bits per heavy atom. The maximum Gasteiger partial charge on any atom is 0.141 e. The molecule has 0 spiro atoms. The molecular weight excluding hydrogens is 282 g/mol. The number of nitriles is 1. The number of nitrogens with zero attached hydrogens (tertiary/aromatic N) is 1. The van der Waals surface area contributed by atoms with Crippen molar-refractivity contribution in [2.45, 2.75) is 25.7 Å². The molecule has 0 amide bonds. The summed E-state index contributed by atoms with van der Waals surface area (Å²) >= 11 is 7.46. The van der Waals surface area contributed by atoms with Gasteiger partial charge in [-0.2, -0.15) is 5.26 Å². The molecule has 104 valence electrons. The van der Waals surface area contributed by atoms with Gasteiger partial charge in [-0.25, -0.2) is 0 Å². The number of thioether (sulfide) groups is 1. The molecule has 0 aliphatic rings. The zero-order valence-electron chi connectivity index (χ0n) is 11.4. The lowest BCUT2D eigenvalue weighted by atomic mass is 9.93. The highest BCUT2D eigenvalue weighted by molar-refractivity contribution is 8.03. The summed E-state index contributed by atoms with van der Waals surface area (Å²) in [6.07, 6.45) is 1.90. The van der Waals surface area contributed by atoms with Crippen LogP contribution in [0.25, 0.3) is 0 Å². The normalized spacial score (nSPS) is 11.7. The Labute approximate surface area is 123 Å². The fraction of sp³-hybridized carbons (Fsp3) is 0.500. The van der Waals surface area contributed by atoms with Gasteiger partial charge in [-0.1, -0.05) is 18.5 Å². The molecule has 1 rings (SSSR count). The monoisotopic (exact) mass is 299 g/mol. The van der Waals surface area contributed by atoms with Gasteiger partial charge in [0.05, 0.1) is 19.2 Å². The number of halogens is 1. The van der Waals surface area contributed by atoms with Gasteiger partial charge in [0.2, 0.25) is 0 Å². The largest absolute Gasteiger partial charge is 0.496 e. The topological polar surface area (TPSA) is 42.2 Å². The van der Waals surface area contributed by atoms with E-state index in [0.29, 0.717) is 16.7 Å². The van der Waals surface area contributed by atoms with Crippen molar-refractivity contribution in [3.63, 3.8) is 0 Å². The first-order valence-electron chi connectivity index (χ1n) is 6.10. The first kappa shape index (κ1) is 16.0. The van der Waals surface area contributed by atoms with Gasteiger partial charge in [-0.15, -0.1) is 0 Å². The minimum Gasteiger partial charge on any atom is -0.496 e. The molecule has 0 saturated carbocycles. The molecule has 1 aromatic carbocycles. The predicted molar refractivity (Wildman–Crippen MR) is 80.3 cm³/mol. The summed E-state index contributed by atoms with van der Waals surface area (Å²) in [7, 11) is 3.23. The molecule has 5 heteroatoms. The second kappa shape index (κ2) is 8.19. The number of methoxy groups -OCH3 is 2. The summed E-state index contributed by atoms with van der Waals surface area (Å²) in [5, 5.41) is 11.3. The zero-order valence-corrected chi connectivity index (χ0v) is 13.0. The number of ether oxygens (including phenoxy) is 2. The summed E-state index contributed by atoms with van der Waals surface area (Å²) in [5.41, 5.74) is 1.08. The highest BCUT2D eigenvalue weighted by atomic mass is 35.5. The lowest BCUT2D eigenvalue weighted by Crippen LogP contribution is -2.03. The third kappa shape index (κ3) is 4.22. The molecule has 0 N–H and O–H groups in total. The Hall–Kier alpha value is -1.05. The molecule has 0 radical (unpaired) electrons. The maximum absolute atomic E-state index is 8.59. The molecule has 0 aliphatic heterocycles. The molecular formula is C14H18ClNO2S. The first-order valence-corrected chi connectivity index (χ1v) is 7.46. The van der Waals surface area contributed by atoms with Crippen LogP contribution < -0.4 is 9.47 Å². The molecule has 19 heavy (non-hydrogen) atoms. The third-order valence-corrected chi connectivity index (χ3v) is 3.93. The van der Waals surface area contributed by atoms with Crippen LogP contribution in [0.15, 0.2) is 12.1 Å². The average molecular weight is 300 g/mol. The fourth-order valence-electron chi connectivity index (χ4n) is 2.03. The van der Waals surface area contributed by atoms with Gasteiger partial charge in [0.15, 0.2) is 0 Å². The van der Waals surface area contributed by atoms with E-state index in [1.165, 1.54) is 11.8 Å². The Bertz CT molecular complexity index is 459.